The van der Waals surface area contributed by atoms with Crippen molar-refractivity contribution >= 4 is 19.8 Å². The van der Waals surface area contributed by atoms with Gasteiger partial charge in [0.25, 0.3) is 0 Å². The van der Waals surface area contributed by atoms with E-state index in [-0.39, 0.29) is 19.4 Å². The van der Waals surface area contributed by atoms with Gasteiger partial charge in [0, 0.05) is 12.8 Å². The van der Waals surface area contributed by atoms with Crippen molar-refractivity contribution in [3.8, 4) is 0 Å². The van der Waals surface area contributed by atoms with Gasteiger partial charge in [-0.1, -0.05) is 102 Å². The van der Waals surface area contributed by atoms with E-state index >= 15 is 0 Å². The second kappa shape index (κ2) is 26.5. The number of phosphoric ester groups is 1. The number of unbranched alkanes of at least 4 members (excludes halogenated alkanes) is 10. The average Bonchev–Trinajstić information content (AvgIpc) is 2.89. The Hall–Kier alpha value is -1.73. The summed E-state index contributed by atoms with van der Waals surface area (Å²) in [4.78, 5) is 42.2. The van der Waals surface area contributed by atoms with Gasteiger partial charge in [-0.2, -0.15) is 0 Å². The van der Waals surface area contributed by atoms with E-state index in [2.05, 4.69) is 54.8 Å². The van der Waals surface area contributed by atoms with Crippen LogP contribution < -0.4 is 0 Å². The number of hydrogen-bond acceptors (Lipinski definition) is 6. The van der Waals surface area contributed by atoms with Crippen LogP contribution in [-0.4, -0.2) is 41.0 Å². The lowest BCUT2D eigenvalue weighted by Crippen LogP contribution is -2.29. The Labute approximate surface area is 236 Å². The minimum absolute atomic E-state index is 0.177. The highest BCUT2D eigenvalue weighted by Gasteiger charge is 2.22. The van der Waals surface area contributed by atoms with Gasteiger partial charge in [0.1, 0.15) is 6.61 Å². The van der Waals surface area contributed by atoms with E-state index in [1.165, 1.54) is 32.1 Å². The summed E-state index contributed by atoms with van der Waals surface area (Å²) in [6.45, 7) is 3.46. The molecule has 0 radical (unpaired) electrons. The fourth-order valence-corrected chi connectivity index (χ4v) is 4.10. The first-order valence-corrected chi connectivity index (χ1v) is 16.3. The zero-order valence-corrected chi connectivity index (χ0v) is 25.2. The lowest BCUT2D eigenvalue weighted by Gasteiger charge is -2.18. The second-order valence-corrected chi connectivity index (χ2v) is 10.9. The molecule has 0 saturated heterocycles. The molecule has 1 atom stereocenters. The number of carbonyl (C=O) groups excluding carboxylic acids is 2. The van der Waals surface area contributed by atoms with Crippen LogP contribution in [0.5, 0.6) is 0 Å². The molecule has 0 saturated carbocycles. The largest absolute Gasteiger partial charge is 0.469 e. The first-order chi connectivity index (χ1) is 18.8. The van der Waals surface area contributed by atoms with Gasteiger partial charge in [-0.3, -0.25) is 14.1 Å². The number of allylic oxidation sites excluding steroid dienone is 6. The third-order valence-electron chi connectivity index (χ3n) is 5.92. The van der Waals surface area contributed by atoms with Crippen molar-refractivity contribution in [2.24, 2.45) is 0 Å². The van der Waals surface area contributed by atoms with Crippen molar-refractivity contribution in [2.45, 2.75) is 129 Å². The molecule has 0 aliphatic rings. The summed E-state index contributed by atoms with van der Waals surface area (Å²) >= 11 is 0. The standard InChI is InChI=1S/C30H53O8P/c1-3-5-7-9-11-13-14-15-16-17-19-21-23-25-30(32)38-28(27-37-39(33,34)35)26-36-29(31)24-22-20-18-12-10-8-6-4-2/h5,7,11,13,15-16,28H,3-4,6,8-10,12,14,17-27H2,1-2H3,(H2,33,34,35)/b7-5-,13-11-,16-15-. The number of carbonyl (C=O) groups is 2. The molecule has 0 bridgehead atoms. The summed E-state index contributed by atoms with van der Waals surface area (Å²) in [5, 5.41) is 0. The lowest BCUT2D eigenvalue weighted by atomic mass is 10.1. The van der Waals surface area contributed by atoms with E-state index in [0.29, 0.717) is 6.42 Å². The van der Waals surface area contributed by atoms with E-state index in [1.54, 1.807) is 0 Å². The molecule has 1 unspecified atom stereocenters. The molecule has 0 spiro atoms. The van der Waals surface area contributed by atoms with Crippen molar-refractivity contribution in [3.63, 3.8) is 0 Å². The molecule has 0 rings (SSSR count). The molecule has 0 aromatic rings. The fraction of sp³-hybridized carbons (Fsp3) is 0.733. The Morgan fingerprint density at radius 2 is 1.23 bits per heavy atom. The minimum Gasteiger partial charge on any atom is -0.462 e. The lowest BCUT2D eigenvalue weighted by molar-refractivity contribution is -0.161. The zero-order valence-electron chi connectivity index (χ0n) is 24.3. The first kappa shape index (κ1) is 37.3. The van der Waals surface area contributed by atoms with Crippen LogP contribution in [0.4, 0.5) is 0 Å². The first-order valence-electron chi connectivity index (χ1n) is 14.8. The molecule has 0 aromatic carbocycles. The van der Waals surface area contributed by atoms with Gasteiger partial charge in [0.15, 0.2) is 6.10 Å². The summed E-state index contributed by atoms with van der Waals surface area (Å²) < 4.78 is 26.0. The molecule has 0 aliphatic carbocycles. The average molecular weight is 573 g/mol. The van der Waals surface area contributed by atoms with Crippen molar-refractivity contribution in [3.05, 3.63) is 36.5 Å². The van der Waals surface area contributed by atoms with Crippen LogP contribution in [-0.2, 0) is 28.2 Å². The van der Waals surface area contributed by atoms with Gasteiger partial charge < -0.3 is 19.3 Å². The van der Waals surface area contributed by atoms with Crippen molar-refractivity contribution < 1.29 is 37.9 Å². The van der Waals surface area contributed by atoms with Crippen molar-refractivity contribution in [1.82, 2.24) is 0 Å². The molecule has 39 heavy (non-hydrogen) atoms. The Bertz CT molecular complexity index is 741. The highest BCUT2D eigenvalue weighted by molar-refractivity contribution is 7.46. The molecular formula is C30H53O8P. The predicted molar refractivity (Wildman–Crippen MR) is 156 cm³/mol. The molecule has 0 fully saturated rings. The molecule has 0 aliphatic heterocycles. The zero-order chi connectivity index (χ0) is 29.0. The van der Waals surface area contributed by atoms with Crippen LogP contribution in [0, 0.1) is 0 Å². The van der Waals surface area contributed by atoms with Crippen molar-refractivity contribution in [1.29, 1.82) is 0 Å². The second-order valence-electron chi connectivity index (χ2n) is 9.70. The topological polar surface area (TPSA) is 119 Å². The molecule has 0 amide bonds. The van der Waals surface area contributed by atoms with E-state index in [4.69, 9.17) is 19.3 Å². The quantitative estimate of drug-likeness (QED) is 0.0465. The molecule has 9 heteroatoms. The van der Waals surface area contributed by atoms with Crippen LogP contribution in [0.3, 0.4) is 0 Å². The Morgan fingerprint density at radius 3 is 1.85 bits per heavy atom. The molecule has 2 N–H and O–H groups in total. The number of rotatable bonds is 26. The minimum atomic E-state index is -4.74. The third-order valence-corrected chi connectivity index (χ3v) is 6.41. The van der Waals surface area contributed by atoms with Gasteiger partial charge in [-0.05, 0) is 44.9 Å². The normalized spacial score (nSPS) is 13.0. The van der Waals surface area contributed by atoms with Crippen LogP contribution in [0.1, 0.15) is 123 Å². The summed E-state index contributed by atoms with van der Waals surface area (Å²) in [6, 6.07) is 0. The molecule has 0 aromatic heterocycles. The van der Waals surface area contributed by atoms with Crippen LogP contribution >= 0.6 is 7.82 Å². The summed E-state index contributed by atoms with van der Waals surface area (Å²) in [5.74, 6) is -0.929. The van der Waals surface area contributed by atoms with Gasteiger partial charge in [-0.15, -0.1) is 0 Å². The number of esters is 2. The highest BCUT2D eigenvalue weighted by Crippen LogP contribution is 2.35. The molecule has 8 nitrogen and oxygen atoms in total. The van der Waals surface area contributed by atoms with Crippen molar-refractivity contribution in [2.75, 3.05) is 13.2 Å². The van der Waals surface area contributed by atoms with Gasteiger partial charge in [-0.25, -0.2) is 4.57 Å². The van der Waals surface area contributed by atoms with E-state index < -0.39 is 32.5 Å². The SMILES string of the molecule is CC/C=C\C/C=C\C/C=C\CCCCCC(=O)OC(COC(=O)CCCCCCCCCC)COP(=O)(O)O. The number of ether oxygens (including phenoxy) is 2. The molecule has 0 heterocycles. The van der Waals surface area contributed by atoms with Gasteiger partial charge in [0.2, 0.25) is 0 Å². The van der Waals surface area contributed by atoms with E-state index in [1.807, 2.05) is 0 Å². The summed E-state index contributed by atoms with van der Waals surface area (Å²) in [5.41, 5.74) is 0. The molecular weight excluding hydrogens is 519 g/mol. The van der Waals surface area contributed by atoms with Crippen LogP contribution in [0.25, 0.3) is 0 Å². The maximum atomic E-state index is 12.2. The van der Waals surface area contributed by atoms with E-state index in [9.17, 15) is 14.2 Å². The predicted octanol–water partition coefficient (Wildman–Crippen LogP) is 7.89. The van der Waals surface area contributed by atoms with Gasteiger partial charge in [0.05, 0.1) is 6.61 Å². The maximum absolute atomic E-state index is 12.2. The monoisotopic (exact) mass is 572 g/mol. The Kier molecular flexibility index (Phi) is 25.3. The fourth-order valence-electron chi connectivity index (χ4n) is 3.74. The summed E-state index contributed by atoms with van der Waals surface area (Å²) in [7, 11) is -4.74. The smallest absolute Gasteiger partial charge is 0.462 e. The highest BCUT2D eigenvalue weighted by atomic mass is 31.2. The number of hydrogen-bond donors (Lipinski definition) is 2. The van der Waals surface area contributed by atoms with Crippen LogP contribution in [0.15, 0.2) is 36.5 Å². The third kappa shape index (κ3) is 29.1. The summed E-state index contributed by atoms with van der Waals surface area (Å²) in [6.07, 6.45) is 27.4. The maximum Gasteiger partial charge on any atom is 0.469 e. The molecule has 226 valence electrons. The van der Waals surface area contributed by atoms with E-state index in [0.717, 1.165) is 57.8 Å². The number of phosphoric acid groups is 1. The Balaban J connectivity index is 4.14. The van der Waals surface area contributed by atoms with Gasteiger partial charge >= 0.3 is 19.8 Å². The Morgan fingerprint density at radius 1 is 0.692 bits per heavy atom. The van der Waals surface area contributed by atoms with Crippen LogP contribution in [0.2, 0.25) is 0 Å².